The fourth-order valence-electron chi connectivity index (χ4n) is 4.20. The van der Waals surface area contributed by atoms with E-state index in [4.69, 9.17) is 10.5 Å². The summed E-state index contributed by atoms with van der Waals surface area (Å²) < 4.78 is 27.9. The molecular formula is C41H65F2N3O3S. The standard InChI is InChI=1S/C18H23FN2O2S.C17H24O.C3H8.C2H7N.CH3F/c1-7-16(9-8-12(2)3)11-20-18(23)17(21-15(6)24-19)10-13(4)14(5)22;1-11-7-8-16-12(2)15(10-9-14(11)16)13(3)18-17(4,5)6;1-3-2;1-2-3;1-2/h7-10H,2,6,11H2,1,3-5H3,(H,20,23);9-11H,3,7-8H2,1-2,4-6H3;3H2,1-2H3;2-3H2,1H3;1H3/b9-8-,13-10+,16-7+,21-17+;;;;. The Morgan fingerprint density at radius 1 is 1.10 bits per heavy atom. The molecule has 0 spiro atoms. The summed E-state index contributed by atoms with van der Waals surface area (Å²) in [6.07, 6.45) is 10.6. The molecule has 6 nitrogen and oxygen atoms in total. The Kier molecular flexibility index (Phi) is 28.6. The van der Waals surface area contributed by atoms with E-state index >= 15 is 0 Å². The number of carbonyl (C=O) groups excluding carboxylic acids is 2. The predicted molar refractivity (Wildman–Crippen MR) is 216 cm³/mol. The highest BCUT2D eigenvalue weighted by Gasteiger charge is 2.23. The van der Waals surface area contributed by atoms with Gasteiger partial charge in [0.2, 0.25) is 0 Å². The Balaban J connectivity index is -0.000000745. The third-order valence-electron chi connectivity index (χ3n) is 6.60. The van der Waals surface area contributed by atoms with E-state index in [0.29, 0.717) is 18.7 Å². The van der Waals surface area contributed by atoms with E-state index in [1.807, 2.05) is 39.0 Å². The molecule has 0 saturated carbocycles. The van der Waals surface area contributed by atoms with Crippen molar-refractivity contribution in [1.29, 1.82) is 0 Å². The lowest BCUT2D eigenvalue weighted by atomic mass is 9.95. The number of carbonyl (C=O) groups is 2. The van der Waals surface area contributed by atoms with Crippen LogP contribution in [0.3, 0.4) is 0 Å². The van der Waals surface area contributed by atoms with Crippen molar-refractivity contribution in [1.82, 2.24) is 5.32 Å². The molecule has 0 heterocycles. The number of nitrogens with zero attached hydrogens (tertiary/aromatic N) is 1. The molecular weight excluding hydrogens is 653 g/mol. The van der Waals surface area contributed by atoms with Gasteiger partial charge in [-0.15, -0.1) is 0 Å². The second-order valence-corrected chi connectivity index (χ2v) is 13.2. The Labute approximate surface area is 307 Å². The van der Waals surface area contributed by atoms with Crippen LogP contribution in [-0.4, -0.2) is 43.3 Å². The number of halogens is 2. The number of hydrogen-bond acceptors (Lipinski definition) is 6. The Hall–Kier alpha value is -3.56. The van der Waals surface area contributed by atoms with Crippen molar-refractivity contribution in [3.8, 4) is 0 Å². The second kappa shape index (κ2) is 28.2. The van der Waals surface area contributed by atoms with Gasteiger partial charge in [-0.25, -0.2) is 4.99 Å². The summed E-state index contributed by atoms with van der Waals surface area (Å²) in [5.41, 5.74) is 12.2. The number of rotatable bonds is 11. The first-order valence-electron chi connectivity index (χ1n) is 16.9. The third-order valence-corrected chi connectivity index (χ3v) is 6.87. The van der Waals surface area contributed by atoms with E-state index in [-0.39, 0.29) is 40.8 Å². The van der Waals surface area contributed by atoms with Gasteiger partial charge in [-0.2, -0.15) is 3.89 Å². The lowest BCUT2D eigenvalue weighted by Gasteiger charge is -2.24. The predicted octanol–water partition coefficient (Wildman–Crippen LogP) is 11.0. The summed E-state index contributed by atoms with van der Waals surface area (Å²) >= 11 is -0.162. The molecule has 0 aromatic heterocycles. The van der Waals surface area contributed by atoms with Crippen molar-refractivity contribution in [3.63, 3.8) is 0 Å². The fourth-order valence-corrected chi connectivity index (χ4v) is 4.33. The Bertz CT molecular complexity index is 1370. The monoisotopic (exact) mass is 717 g/mol. The molecule has 1 atom stereocenters. The van der Waals surface area contributed by atoms with Gasteiger partial charge >= 0.3 is 0 Å². The number of aliphatic imine (C=N–C) groups is 1. The summed E-state index contributed by atoms with van der Waals surface area (Å²) in [6, 6.07) is 4.43. The van der Waals surface area contributed by atoms with Crippen molar-refractivity contribution < 1.29 is 22.6 Å². The molecule has 50 heavy (non-hydrogen) atoms. The summed E-state index contributed by atoms with van der Waals surface area (Å²) in [5, 5.41) is 2.52. The molecule has 2 rings (SSSR count). The van der Waals surface area contributed by atoms with Crippen molar-refractivity contribution in [2.45, 2.75) is 114 Å². The molecule has 0 aliphatic heterocycles. The zero-order valence-electron chi connectivity index (χ0n) is 33.1. The zero-order chi connectivity index (χ0) is 39.6. The molecule has 0 fully saturated rings. The number of ketones is 1. The minimum Gasteiger partial charge on any atom is -0.488 e. The van der Waals surface area contributed by atoms with Crippen LogP contribution < -0.4 is 11.1 Å². The van der Waals surface area contributed by atoms with Crippen molar-refractivity contribution in [3.05, 3.63) is 100 Å². The SMILES string of the molecule is C=C(C)/C=C\C(=C/C)CNC(=O)C(/C=C(\C)C(C)=O)=N/C(=C)SF.C=C(OC(C)(C)C)c1ccc2c(c1C)CCC2C.CCC.CCN.CF. The topological polar surface area (TPSA) is 93.8 Å². The van der Waals surface area contributed by atoms with E-state index < -0.39 is 5.91 Å². The molecule has 1 aromatic carbocycles. The summed E-state index contributed by atoms with van der Waals surface area (Å²) in [4.78, 5) is 27.4. The van der Waals surface area contributed by atoms with Gasteiger partial charge in [0.25, 0.3) is 5.91 Å². The van der Waals surface area contributed by atoms with Gasteiger partial charge in [-0.05, 0) is 115 Å². The Morgan fingerprint density at radius 3 is 2.08 bits per heavy atom. The van der Waals surface area contributed by atoms with Crippen LogP contribution in [-0.2, 0) is 20.7 Å². The highest BCUT2D eigenvalue weighted by Crippen LogP contribution is 2.37. The van der Waals surface area contributed by atoms with Gasteiger partial charge in [0, 0.05) is 12.1 Å². The van der Waals surface area contributed by atoms with E-state index in [9.17, 15) is 17.9 Å². The Morgan fingerprint density at radius 2 is 1.64 bits per heavy atom. The average Bonchev–Trinajstić information content (AvgIpc) is 3.42. The summed E-state index contributed by atoms with van der Waals surface area (Å²) in [7, 11) is 0.500. The maximum atomic E-state index is 12.5. The largest absolute Gasteiger partial charge is 0.488 e. The van der Waals surface area contributed by atoms with Crippen molar-refractivity contribution in [2.24, 2.45) is 10.7 Å². The first kappa shape index (κ1) is 50.8. The van der Waals surface area contributed by atoms with Crippen LogP contribution in [0.15, 0.2) is 82.9 Å². The number of nitrogens with one attached hydrogen (secondary N) is 1. The van der Waals surface area contributed by atoms with Gasteiger partial charge in [-0.3, -0.25) is 14.0 Å². The summed E-state index contributed by atoms with van der Waals surface area (Å²) in [5.74, 6) is 0.772. The number of allylic oxidation sites excluding steroid dienone is 4. The van der Waals surface area contributed by atoms with Crippen LogP contribution in [0, 0.1) is 6.92 Å². The maximum Gasteiger partial charge on any atom is 0.270 e. The number of ether oxygens (including phenoxy) is 1. The van der Waals surface area contributed by atoms with E-state index in [2.05, 4.69) is 90.6 Å². The molecule has 3 N–H and O–H groups in total. The van der Waals surface area contributed by atoms with Gasteiger partial charge in [-0.1, -0.05) is 89.8 Å². The van der Waals surface area contributed by atoms with Crippen LogP contribution in [0.1, 0.15) is 117 Å². The van der Waals surface area contributed by atoms with Crippen LogP contribution in [0.4, 0.5) is 8.28 Å². The number of benzene rings is 1. The molecule has 1 aliphatic carbocycles. The molecule has 0 saturated heterocycles. The number of alkyl halides is 1. The number of nitrogens with two attached hydrogens (primary N) is 1. The first-order valence-corrected chi connectivity index (χ1v) is 17.7. The number of hydrogen-bond donors (Lipinski definition) is 2. The second-order valence-electron chi connectivity index (χ2n) is 12.6. The molecule has 1 amide bonds. The lowest BCUT2D eigenvalue weighted by molar-refractivity contribution is -0.114. The van der Waals surface area contributed by atoms with Crippen LogP contribution >= 0.6 is 12.1 Å². The van der Waals surface area contributed by atoms with Gasteiger partial charge in [0.05, 0.1) is 7.18 Å². The minimum atomic E-state index is -0.520. The number of amides is 1. The van der Waals surface area contributed by atoms with Crippen LogP contribution in [0.2, 0.25) is 0 Å². The average molecular weight is 718 g/mol. The number of fused-ring (bicyclic) bond motifs is 1. The lowest BCUT2D eigenvalue weighted by Crippen LogP contribution is -2.31. The number of Topliss-reactive ketones (excluding diaryl/α,β-unsaturated/α-hetero) is 1. The highest BCUT2D eigenvalue weighted by molar-refractivity contribution is 7.98. The van der Waals surface area contributed by atoms with Gasteiger partial charge < -0.3 is 15.8 Å². The normalized spacial score (nSPS) is 13.8. The molecule has 0 bridgehead atoms. The van der Waals surface area contributed by atoms with Crippen LogP contribution in [0.5, 0.6) is 0 Å². The van der Waals surface area contributed by atoms with Gasteiger partial charge in [0.1, 0.15) is 34.2 Å². The molecule has 1 unspecified atom stereocenters. The molecule has 282 valence electrons. The van der Waals surface area contributed by atoms with Crippen LogP contribution in [0.25, 0.3) is 5.76 Å². The van der Waals surface area contributed by atoms with Crippen molar-refractivity contribution in [2.75, 3.05) is 20.3 Å². The molecule has 9 heteroatoms. The van der Waals surface area contributed by atoms with E-state index in [1.165, 1.54) is 49.0 Å². The highest BCUT2D eigenvalue weighted by atomic mass is 32.2. The maximum absolute atomic E-state index is 12.5. The van der Waals surface area contributed by atoms with E-state index in [1.54, 1.807) is 6.92 Å². The summed E-state index contributed by atoms with van der Waals surface area (Å²) in [6.45, 7) is 35.7. The smallest absolute Gasteiger partial charge is 0.270 e. The van der Waals surface area contributed by atoms with Crippen molar-refractivity contribution >= 4 is 35.3 Å². The van der Waals surface area contributed by atoms with E-state index in [0.717, 1.165) is 29.0 Å². The van der Waals surface area contributed by atoms with Gasteiger partial charge in [0.15, 0.2) is 5.78 Å². The molecule has 0 radical (unpaired) electrons. The fraction of sp³-hybridized carbons (Fsp3) is 0.488. The molecule has 1 aliphatic rings. The first-order chi connectivity index (χ1) is 23.3. The zero-order valence-corrected chi connectivity index (χ0v) is 33.9. The third kappa shape index (κ3) is 22.2. The quantitative estimate of drug-likeness (QED) is 0.103. The minimum absolute atomic E-state index is 0.0721. The molecule has 1 aromatic rings.